The molecule has 1 heterocycles. The van der Waals surface area contributed by atoms with Crippen LogP contribution in [0, 0.1) is 13.8 Å². The molecule has 5 nitrogen and oxygen atoms in total. The van der Waals surface area contributed by atoms with Crippen LogP contribution < -0.4 is 4.72 Å². The van der Waals surface area contributed by atoms with Crippen LogP contribution in [-0.2, 0) is 16.6 Å². The molecule has 3 aromatic rings. The van der Waals surface area contributed by atoms with Crippen molar-refractivity contribution < 1.29 is 8.42 Å². The lowest BCUT2D eigenvalue weighted by atomic mass is 10.2. The zero-order chi connectivity index (χ0) is 18.0. The van der Waals surface area contributed by atoms with Gasteiger partial charge in [0.2, 0.25) is 0 Å². The Morgan fingerprint density at radius 3 is 2.68 bits per heavy atom. The molecule has 0 spiro atoms. The summed E-state index contributed by atoms with van der Waals surface area (Å²) < 4.78 is 29.5. The highest BCUT2D eigenvalue weighted by molar-refractivity contribution is 7.92. The monoisotopic (exact) mass is 375 g/mol. The molecule has 0 amide bonds. The topological polar surface area (TPSA) is 64.0 Å². The normalized spacial score (nSPS) is 11.5. The Hall–Kier alpha value is -2.31. The number of anilines is 1. The Morgan fingerprint density at radius 1 is 1.16 bits per heavy atom. The summed E-state index contributed by atoms with van der Waals surface area (Å²) in [6.07, 6.45) is 3.13. The minimum atomic E-state index is -3.66. The molecule has 1 N–H and O–H groups in total. The second kappa shape index (κ2) is 6.90. The SMILES string of the molecule is Cc1ccc(C)c(S(=O)(=O)Nc2cnn(Cc3ccccc3Cl)c2)c1. The summed E-state index contributed by atoms with van der Waals surface area (Å²) in [7, 11) is -3.66. The third-order valence-electron chi connectivity index (χ3n) is 3.81. The molecule has 0 unspecified atom stereocenters. The average molecular weight is 376 g/mol. The third-order valence-corrected chi connectivity index (χ3v) is 5.70. The fourth-order valence-corrected chi connectivity index (χ4v) is 4.06. The number of sulfonamides is 1. The van der Waals surface area contributed by atoms with Gasteiger partial charge in [-0.15, -0.1) is 0 Å². The van der Waals surface area contributed by atoms with Gasteiger partial charge in [0.1, 0.15) is 0 Å². The summed E-state index contributed by atoms with van der Waals surface area (Å²) in [5, 5.41) is 4.85. The van der Waals surface area contributed by atoms with Crippen molar-refractivity contribution >= 4 is 27.3 Å². The van der Waals surface area contributed by atoms with E-state index in [0.717, 1.165) is 11.1 Å². The van der Waals surface area contributed by atoms with Gasteiger partial charge in [0, 0.05) is 11.2 Å². The molecule has 0 aliphatic carbocycles. The molecule has 0 aliphatic heterocycles. The Bertz CT molecular complexity index is 1010. The van der Waals surface area contributed by atoms with E-state index in [1.807, 2.05) is 37.3 Å². The molecule has 0 bridgehead atoms. The quantitative estimate of drug-likeness (QED) is 0.733. The van der Waals surface area contributed by atoms with E-state index in [4.69, 9.17) is 11.6 Å². The zero-order valence-corrected chi connectivity index (χ0v) is 15.5. The van der Waals surface area contributed by atoms with E-state index in [1.165, 1.54) is 6.20 Å². The van der Waals surface area contributed by atoms with Crippen LogP contribution in [0.3, 0.4) is 0 Å². The predicted molar refractivity (Wildman–Crippen MR) is 99.5 cm³/mol. The second-order valence-electron chi connectivity index (χ2n) is 5.89. The van der Waals surface area contributed by atoms with Gasteiger partial charge in [-0.1, -0.05) is 41.9 Å². The van der Waals surface area contributed by atoms with Gasteiger partial charge in [-0.3, -0.25) is 9.40 Å². The number of nitrogens with zero attached hydrogens (tertiary/aromatic N) is 2. The Balaban J connectivity index is 1.81. The van der Waals surface area contributed by atoms with Crippen LogP contribution in [0.2, 0.25) is 5.02 Å². The van der Waals surface area contributed by atoms with Gasteiger partial charge in [0.05, 0.1) is 23.3 Å². The van der Waals surface area contributed by atoms with Crippen LogP contribution in [0.25, 0.3) is 0 Å². The summed E-state index contributed by atoms with van der Waals surface area (Å²) in [5.74, 6) is 0. The number of nitrogens with one attached hydrogen (secondary N) is 1. The van der Waals surface area contributed by atoms with Crippen molar-refractivity contribution in [1.29, 1.82) is 0 Å². The van der Waals surface area contributed by atoms with Crippen molar-refractivity contribution in [3.8, 4) is 0 Å². The Kier molecular flexibility index (Phi) is 4.83. The molecular weight excluding hydrogens is 358 g/mol. The van der Waals surface area contributed by atoms with Gasteiger partial charge < -0.3 is 0 Å². The smallest absolute Gasteiger partial charge is 0.262 e. The molecule has 0 fully saturated rings. The first-order valence-corrected chi connectivity index (χ1v) is 9.57. The standard InChI is InChI=1S/C18H18ClN3O2S/c1-13-7-8-14(2)18(9-13)25(23,24)21-16-10-20-22(12-16)11-15-5-3-4-6-17(15)19/h3-10,12,21H,11H2,1-2H3. The van der Waals surface area contributed by atoms with E-state index in [-0.39, 0.29) is 4.90 Å². The van der Waals surface area contributed by atoms with Gasteiger partial charge in [-0.25, -0.2) is 8.42 Å². The van der Waals surface area contributed by atoms with Crippen molar-refractivity contribution in [2.24, 2.45) is 0 Å². The van der Waals surface area contributed by atoms with E-state index in [0.29, 0.717) is 22.8 Å². The van der Waals surface area contributed by atoms with Crippen molar-refractivity contribution in [1.82, 2.24) is 9.78 Å². The highest BCUT2D eigenvalue weighted by Crippen LogP contribution is 2.21. The van der Waals surface area contributed by atoms with Crippen molar-refractivity contribution in [2.75, 3.05) is 4.72 Å². The van der Waals surface area contributed by atoms with Gasteiger partial charge in [0.15, 0.2) is 0 Å². The number of hydrogen-bond acceptors (Lipinski definition) is 3. The highest BCUT2D eigenvalue weighted by Gasteiger charge is 2.18. The molecule has 0 radical (unpaired) electrons. The molecule has 130 valence electrons. The van der Waals surface area contributed by atoms with Gasteiger partial charge in [-0.2, -0.15) is 5.10 Å². The molecule has 25 heavy (non-hydrogen) atoms. The average Bonchev–Trinajstić information content (AvgIpc) is 2.98. The van der Waals surface area contributed by atoms with Crippen molar-refractivity contribution in [3.05, 3.63) is 76.6 Å². The maximum atomic E-state index is 12.6. The molecule has 0 aliphatic rings. The number of aryl methyl sites for hydroxylation is 2. The van der Waals surface area contributed by atoms with E-state index in [1.54, 1.807) is 29.9 Å². The van der Waals surface area contributed by atoms with Crippen LogP contribution in [0.4, 0.5) is 5.69 Å². The van der Waals surface area contributed by atoms with E-state index < -0.39 is 10.0 Å². The number of rotatable bonds is 5. The van der Waals surface area contributed by atoms with Gasteiger partial charge in [-0.05, 0) is 42.7 Å². The van der Waals surface area contributed by atoms with Crippen molar-refractivity contribution in [2.45, 2.75) is 25.3 Å². The number of hydrogen-bond donors (Lipinski definition) is 1. The summed E-state index contributed by atoms with van der Waals surface area (Å²) in [4.78, 5) is 0.270. The lowest BCUT2D eigenvalue weighted by Crippen LogP contribution is -2.14. The van der Waals surface area contributed by atoms with Crippen LogP contribution in [-0.4, -0.2) is 18.2 Å². The Labute approximate surface area is 152 Å². The van der Waals surface area contributed by atoms with E-state index in [2.05, 4.69) is 9.82 Å². The van der Waals surface area contributed by atoms with Crippen LogP contribution in [0.15, 0.2) is 59.8 Å². The Morgan fingerprint density at radius 2 is 1.92 bits per heavy atom. The summed E-state index contributed by atoms with van der Waals surface area (Å²) in [6, 6.07) is 12.8. The fraction of sp³-hybridized carbons (Fsp3) is 0.167. The second-order valence-corrected chi connectivity index (χ2v) is 7.95. The van der Waals surface area contributed by atoms with Crippen LogP contribution in [0.5, 0.6) is 0 Å². The summed E-state index contributed by atoms with van der Waals surface area (Å²) >= 11 is 6.15. The lowest BCUT2D eigenvalue weighted by molar-refractivity contribution is 0.600. The van der Waals surface area contributed by atoms with Crippen LogP contribution >= 0.6 is 11.6 Å². The number of halogens is 1. The summed E-state index contributed by atoms with van der Waals surface area (Å²) in [5.41, 5.74) is 2.91. The predicted octanol–water partition coefficient (Wildman–Crippen LogP) is 4.00. The fourth-order valence-electron chi connectivity index (χ4n) is 2.51. The molecule has 2 aromatic carbocycles. The molecule has 0 atom stereocenters. The molecule has 3 rings (SSSR count). The first kappa shape index (κ1) is 17.5. The molecule has 0 saturated heterocycles. The third kappa shape index (κ3) is 4.03. The van der Waals surface area contributed by atoms with Crippen molar-refractivity contribution in [3.63, 3.8) is 0 Å². The maximum Gasteiger partial charge on any atom is 0.262 e. The minimum absolute atomic E-state index is 0.270. The van der Waals surface area contributed by atoms with Gasteiger partial charge >= 0.3 is 0 Å². The first-order chi connectivity index (χ1) is 11.8. The van der Waals surface area contributed by atoms with E-state index >= 15 is 0 Å². The molecular formula is C18H18ClN3O2S. The molecule has 7 heteroatoms. The number of aromatic nitrogens is 2. The van der Waals surface area contributed by atoms with Crippen LogP contribution in [0.1, 0.15) is 16.7 Å². The minimum Gasteiger partial charge on any atom is -0.276 e. The highest BCUT2D eigenvalue weighted by atomic mass is 35.5. The lowest BCUT2D eigenvalue weighted by Gasteiger charge is -2.09. The van der Waals surface area contributed by atoms with Gasteiger partial charge in [0.25, 0.3) is 10.0 Å². The van der Waals surface area contributed by atoms with E-state index in [9.17, 15) is 8.42 Å². The first-order valence-electron chi connectivity index (χ1n) is 7.71. The zero-order valence-electron chi connectivity index (χ0n) is 13.9. The molecule has 0 saturated carbocycles. The summed E-state index contributed by atoms with van der Waals surface area (Å²) in [6.45, 7) is 4.10. The number of benzene rings is 2. The maximum absolute atomic E-state index is 12.6. The largest absolute Gasteiger partial charge is 0.276 e. The molecule has 1 aromatic heterocycles.